The summed E-state index contributed by atoms with van der Waals surface area (Å²) in [5, 5.41) is 3.00. The zero-order chi connectivity index (χ0) is 13.8. The molecular weight excluding hydrogens is 238 g/mol. The number of hydrogen-bond acceptors (Lipinski definition) is 3. The minimum absolute atomic E-state index is 0.0709. The van der Waals surface area contributed by atoms with Crippen molar-refractivity contribution in [2.75, 3.05) is 18.0 Å². The van der Waals surface area contributed by atoms with E-state index < -0.39 is 0 Å². The number of carbonyl (C=O) groups is 1. The average molecular weight is 261 g/mol. The van der Waals surface area contributed by atoms with Crippen LogP contribution in [0.2, 0.25) is 0 Å². The number of piperidine rings is 1. The molecule has 104 valence electrons. The van der Waals surface area contributed by atoms with Gasteiger partial charge in [-0.25, -0.2) is 0 Å². The van der Waals surface area contributed by atoms with Crippen molar-refractivity contribution in [3.63, 3.8) is 0 Å². The fraction of sp³-hybridized carbons (Fsp3) is 0.533. The van der Waals surface area contributed by atoms with Gasteiger partial charge in [-0.15, -0.1) is 0 Å². The number of benzene rings is 1. The zero-order valence-corrected chi connectivity index (χ0v) is 11.8. The lowest BCUT2D eigenvalue weighted by Crippen LogP contribution is -2.44. The third-order valence-corrected chi connectivity index (χ3v) is 3.81. The van der Waals surface area contributed by atoms with Crippen molar-refractivity contribution in [2.45, 2.75) is 39.3 Å². The Hall–Kier alpha value is -1.55. The van der Waals surface area contributed by atoms with Crippen LogP contribution in [0.5, 0.6) is 0 Å². The summed E-state index contributed by atoms with van der Waals surface area (Å²) < 4.78 is 0. The molecule has 0 radical (unpaired) electrons. The van der Waals surface area contributed by atoms with E-state index in [1.54, 1.807) is 6.92 Å². The first-order valence-electron chi connectivity index (χ1n) is 6.92. The molecule has 1 fully saturated rings. The molecule has 0 aliphatic carbocycles. The van der Waals surface area contributed by atoms with Gasteiger partial charge in [0, 0.05) is 38.3 Å². The van der Waals surface area contributed by atoms with Crippen LogP contribution in [0.3, 0.4) is 0 Å². The third-order valence-electron chi connectivity index (χ3n) is 3.81. The molecule has 1 aliphatic rings. The van der Waals surface area contributed by atoms with Crippen molar-refractivity contribution in [2.24, 2.45) is 5.73 Å². The van der Waals surface area contributed by atoms with Gasteiger partial charge < -0.3 is 16.0 Å². The van der Waals surface area contributed by atoms with Crippen LogP contribution in [0, 0.1) is 6.92 Å². The second kappa shape index (κ2) is 6.06. The Labute approximate surface area is 115 Å². The average Bonchev–Trinajstić information content (AvgIpc) is 2.39. The van der Waals surface area contributed by atoms with Crippen LogP contribution in [-0.4, -0.2) is 25.0 Å². The highest BCUT2D eigenvalue weighted by atomic mass is 16.1. The van der Waals surface area contributed by atoms with Crippen LogP contribution in [-0.2, 0) is 11.3 Å². The standard InChI is InChI=1S/C15H23N3O/c1-11-9-15(4-3-13(11)10-16)18-7-5-14(6-8-18)17-12(2)19/h3-4,9,14H,5-8,10,16H2,1-2H3,(H,17,19). The summed E-state index contributed by atoms with van der Waals surface area (Å²) in [7, 11) is 0. The van der Waals surface area contributed by atoms with Crippen LogP contribution in [0.15, 0.2) is 18.2 Å². The second-order valence-electron chi connectivity index (χ2n) is 5.28. The van der Waals surface area contributed by atoms with Gasteiger partial charge in [0.05, 0.1) is 0 Å². The lowest BCUT2D eigenvalue weighted by atomic mass is 10.0. The minimum atomic E-state index is 0.0709. The summed E-state index contributed by atoms with van der Waals surface area (Å²) in [6.07, 6.45) is 2.02. The fourth-order valence-electron chi connectivity index (χ4n) is 2.68. The molecule has 1 amide bonds. The molecule has 1 heterocycles. The van der Waals surface area contributed by atoms with Gasteiger partial charge in [0.15, 0.2) is 0 Å². The molecule has 1 saturated heterocycles. The van der Waals surface area contributed by atoms with Gasteiger partial charge in [-0.1, -0.05) is 6.07 Å². The van der Waals surface area contributed by atoms with Crippen molar-refractivity contribution in [1.29, 1.82) is 0 Å². The highest BCUT2D eigenvalue weighted by Crippen LogP contribution is 2.22. The number of nitrogens with zero attached hydrogens (tertiary/aromatic N) is 1. The molecule has 1 aliphatic heterocycles. The van der Waals surface area contributed by atoms with E-state index >= 15 is 0 Å². The Morgan fingerprint density at radius 1 is 1.42 bits per heavy atom. The third kappa shape index (κ3) is 3.47. The SMILES string of the molecule is CC(=O)NC1CCN(c2ccc(CN)c(C)c2)CC1. The number of hydrogen-bond donors (Lipinski definition) is 2. The van der Waals surface area contributed by atoms with Gasteiger partial charge >= 0.3 is 0 Å². The summed E-state index contributed by atoms with van der Waals surface area (Å²) in [5.41, 5.74) is 9.41. The van der Waals surface area contributed by atoms with Crippen LogP contribution >= 0.6 is 0 Å². The van der Waals surface area contributed by atoms with Gasteiger partial charge in [0.2, 0.25) is 5.91 Å². The molecule has 0 aromatic heterocycles. The van der Waals surface area contributed by atoms with Gasteiger partial charge in [-0.05, 0) is 43.0 Å². The predicted octanol–water partition coefficient (Wildman–Crippen LogP) is 1.56. The molecule has 0 bridgehead atoms. The molecule has 4 heteroatoms. The molecule has 0 atom stereocenters. The van der Waals surface area contributed by atoms with Crippen LogP contribution in [0.4, 0.5) is 5.69 Å². The van der Waals surface area contributed by atoms with Gasteiger partial charge in [0.1, 0.15) is 0 Å². The van der Waals surface area contributed by atoms with Crippen LogP contribution < -0.4 is 16.0 Å². The van der Waals surface area contributed by atoms with Gasteiger partial charge in [0.25, 0.3) is 0 Å². The molecule has 19 heavy (non-hydrogen) atoms. The van der Waals surface area contributed by atoms with Crippen molar-refractivity contribution in [3.05, 3.63) is 29.3 Å². The van der Waals surface area contributed by atoms with Crippen molar-refractivity contribution in [3.8, 4) is 0 Å². The Kier molecular flexibility index (Phi) is 4.43. The van der Waals surface area contributed by atoms with E-state index in [1.807, 2.05) is 0 Å². The number of rotatable bonds is 3. The Bertz CT molecular complexity index is 451. The first-order chi connectivity index (χ1) is 9.10. The molecule has 0 unspecified atom stereocenters. The smallest absolute Gasteiger partial charge is 0.217 e. The van der Waals surface area contributed by atoms with E-state index in [0.717, 1.165) is 25.9 Å². The summed E-state index contributed by atoms with van der Waals surface area (Å²) in [5.74, 6) is 0.0709. The number of nitrogens with one attached hydrogen (secondary N) is 1. The lowest BCUT2D eigenvalue weighted by molar-refractivity contribution is -0.119. The molecule has 1 aromatic carbocycles. The minimum Gasteiger partial charge on any atom is -0.371 e. The molecule has 1 aromatic rings. The number of anilines is 1. The number of carbonyl (C=O) groups excluding carboxylic acids is 1. The Morgan fingerprint density at radius 2 is 2.11 bits per heavy atom. The molecule has 4 nitrogen and oxygen atoms in total. The summed E-state index contributed by atoms with van der Waals surface area (Å²) in [6.45, 7) is 6.27. The van der Waals surface area contributed by atoms with E-state index in [4.69, 9.17) is 5.73 Å². The molecule has 2 rings (SSSR count). The van der Waals surface area contributed by atoms with Crippen LogP contribution in [0.1, 0.15) is 30.9 Å². The Balaban J connectivity index is 1.97. The predicted molar refractivity (Wildman–Crippen MR) is 78.1 cm³/mol. The maximum Gasteiger partial charge on any atom is 0.217 e. The summed E-state index contributed by atoms with van der Waals surface area (Å²) in [4.78, 5) is 13.4. The highest BCUT2D eigenvalue weighted by Gasteiger charge is 2.20. The lowest BCUT2D eigenvalue weighted by Gasteiger charge is -2.34. The van der Waals surface area contributed by atoms with Crippen LogP contribution in [0.25, 0.3) is 0 Å². The summed E-state index contributed by atoms with van der Waals surface area (Å²) >= 11 is 0. The van der Waals surface area contributed by atoms with Crippen molar-refractivity contribution >= 4 is 11.6 Å². The number of aryl methyl sites for hydroxylation is 1. The first kappa shape index (κ1) is 13.9. The largest absolute Gasteiger partial charge is 0.371 e. The monoisotopic (exact) mass is 261 g/mol. The quantitative estimate of drug-likeness (QED) is 0.868. The topological polar surface area (TPSA) is 58.4 Å². The normalized spacial score (nSPS) is 16.5. The maximum absolute atomic E-state index is 11.0. The van der Waals surface area contributed by atoms with Crippen molar-refractivity contribution in [1.82, 2.24) is 5.32 Å². The van der Waals surface area contributed by atoms with Gasteiger partial charge in [-0.3, -0.25) is 4.79 Å². The van der Waals surface area contributed by atoms with Gasteiger partial charge in [-0.2, -0.15) is 0 Å². The molecule has 0 spiro atoms. The van der Waals surface area contributed by atoms with E-state index in [-0.39, 0.29) is 5.91 Å². The van der Waals surface area contributed by atoms with E-state index in [2.05, 4.69) is 35.3 Å². The second-order valence-corrected chi connectivity index (χ2v) is 5.28. The van der Waals surface area contributed by atoms with E-state index in [9.17, 15) is 4.79 Å². The molecule has 0 saturated carbocycles. The number of amides is 1. The maximum atomic E-state index is 11.0. The summed E-state index contributed by atoms with van der Waals surface area (Å²) in [6, 6.07) is 6.80. The Morgan fingerprint density at radius 3 is 2.63 bits per heavy atom. The first-order valence-corrected chi connectivity index (χ1v) is 6.92. The molecule has 3 N–H and O–H groups in total. The van der Waals surface area contributed by atoms with E-state index in [0.29, 0.717) is 12.6 Å². The molecular formula is C15H23N3O. The number of nitrogens with two attached hydrogens (primary N) is 1. The van der Waals surface area contributed by atoms with Crippen molar-refractivity contribution < 1.29 is 4.79 Å². The highest BCUT2D eigenvalue weighted by molar-refractivity contribution is 5.73. The fourth-order valence-corrected chi connectivity index (χ4v) is 2.68. The van der Waals surface area contributed by atoms with E-state index in [1.165, 1.54) is 16.8 Å². The zero-order valence-electron chi connectivity index (χ0n) is 11.8.